The second-order valence-electron chi connectivity index (χ2n) is 10.9. The first kappa shape index (κ1) is 34.0. The molecular formula is C36H42O8. The number of esters is 3. The second kappa shape index (κ2) is 18.3. The van der Waals surface area contributed by atoms with Crippen LogP contribution in [-0.4, -0.2) is 43.0 Å². The van der Waals surface area contributed by atoms with Crippen molar-refractivity contribution in [3.8, 4) is 11.5 Å². The van der Waals surface area contributed by atoms with Crippen LogP contribution in [0.25, 0.3) is 6.08 Å². The molecule has 0 radical (unpaired) electrons. The highest BCUT2D eigenvalue weighted by Gasteiger charge is 2.20. The van der Waals surface area contributed by atoms with Gasteiger partial charge in [-0.15, -0.1) is 0 Å². The summed E-state index contributed by atoms with van der Waals surface area (Å²) in [5.41, 5.74) is 1.78. The first-order chi connectivity index (χ1) is 21.2. The van der Waals surface area contributed by atoms with E-state index in [2.05, 4.69) is 13.2 Å². The molecular weight excluding hydrogens is 560 g/mol. The van der Waals surface area contributed by atoms with Gasteiger partial charge in [0.2, 0.25) is 0 Å². The quantitative estimate of drug-likeness (QED) is 0.0608. The highest BCUT2D eigenvalue weighted by Crippen LogP contribution is 2.21. The summed E-state index contributed by atoms with van der Waals surface area (Å²) in [6.07, 6.45) is 11.4. The molecule has 8 heteroatoms. The number of rotatable bonds is 17. The van der Waals surface area contributed by atoms with Gasteiger partial charge in [-0.2, -0.15) is 0 Å². The van der Waals surface area contributed by atoms with Crippen molar-refractivity contribution in [1.29, 1.82) is 0 Å². The monoisotopic (exact) mass is 602 g/mol. The van der Waals surface area contributed by atoms with E-state index in [0.717, 1.165) is 50.5 Å². The zero-order valence-corrected chi connectivity index (χ0v) is 25.5. The van der Waals surface area contributed by atoms with Crippen molar-refractivity contribution < 1.29 is 38.1 Å². The Labute approximate surface area is 259 Å². The minimum atomic E-state index is -0.552. The molecule has 0 unspecified atom stereocenters. The number of ether oxygens (including phenoxy) is 4. The summed E-state index contributed by atoms with van der Waals surface area (Å²) in [7, 11) is 0. The van der Waals surface area contributed by atoms with E-state index in [1.807, 2.05) is 0 Å². The van der Waals surface area contributed by atoms with E-state index >= 15 is 0 Å². The van der Waals surface area contributed by atoms with Crippen LogP contribution in [-0.2, 0) is 23.9 Å². The predicted octanol–water partition coefficient (Wildman–Crippen LogP) is 7.37. The molecule has 0 atom stereocenters. The Balaban J connectivity index is 1.25. The summed E-state index contributed by atoms with van der Waals surface area (Å²) < 4.78 is 21.6. The fourth-order valence-electron chi connectivity index (χ4n) is 4.50. The molecule has 0 heterocycles. The Morgan fingerprint density at radius 2 is 1.43 bits per heavy atom. The molecule has 1 fully saturated rings. The fraction of sp³-hybridized carbons (Fsp3) is 0.389. The number of ketones is 1. The van der Waals surface area contributed by atoms with E-state index in [9.17, 15) is 19.2 Å². The van der Waals surface area contributed by atoms with Crippen LogP contribution >= 0.6 is 0 Å². The zero-order valence-electron chi connectivity index (χ0n) is 25.5. The van der Waals surface area contributed by atoms with Gasteiger partial charge in [-0.25, -0.2) is 9.59 Å². The lowest BCUT2D eigenvalue weighted by atomic mass is 9.98. The molecule has 1 aliphatic carbocycles. The van der Waals surface area contributed by atoms with Crippen molar-refractivity contribution in [3.05, 3.63) is 90.0 Å². The number of carbonyl (C=O) groups excluding carboxylic acids is 4. The molecule has 0 N–H and O–H groups in total. The van der Waals surface area contributed by atoms with E-state index in [4.69, 9.17) is 18.9 Å². The molecule has 234 valence electrons. The van der Waals surface area contributed by atoms with Crippen molar-refractivity contribution in [2.24, 2.45) is 0 Å². The average Bonchev–Trinajstić information content (AvgIpc) is 3.02. The first-order valence-electron chi connectivity index (χ1n) is 15.2. The Hall–Kier alpha value is -4.46. The number of hydrogen-bond acceptors (Lipinski definition) is 8. The van der Waals surface area contributed by atoms with Crippen LogP contribution in [0.15, 0.2) is 78.9 Å². The van der Waals surface area contributed by atoms with E-state index in [0.29, 0.717) is 35.7 Å². The summed E-state index contributed by atoms with van der Waals surface area (Å²) in [5.74, 6) is -0.505. The summed E-state index contributed by atoms with van der Waals surface area (Å²) in [5, 5.41) is 0. The topological polar surface area (TPSA) is 105 Å². The molecule has 44 heavy (non-hydrogen) atoms. The van der Waals surface area contributed by atoms with Crippen LogP contribution in [0.3, 0.4) is 0 Å². The molecule has 2 aromatic carbocycles. The molecule has 2 aromatic rings. The maximum atomic E-state index is 12.5. The highest BCUT2D eigenvalue weighted by atomic mass is 16.5. The van der Waals surface area contributed by atoms with Gasteiger partial charge in [-0.1, -0.05) is 37.8 Å². The number of carbonyl (C=O) groups is 4. The lowest BCUT2D eigenvalue weighted by Gasteiger charge is -2.21. The highest BCUT2D eigenvalue weighted by molar-refractivity contribution is 6.06. The van der Waals surface area contributed by atoms with Crippen molar-refractivity contribution in [3.63, 3.8) is 0 Å². The average molecular weight is 603 g/mol. The maximum Gasteiger partial charge on any atom is 0.338 e. The van der Waals surface area contributed by atoms with Gasteiger partial charge in [0.05, 0.1) is 19.6 Å². The molecule has 0 spiro atoms. The Bertz CT molecular complexity index is 1310. The number of unbranched alkanes of at least 4 members (excludes halogenated alkanes) is 3. The molecule has 0 bridgehead atoms. The van der Waals surface area contributed by atoms with Gasteiger partial charge < -0.3 is 18.9 Å². The minimum absolute atomic E-state index is 0.0411. The van der Waals surface area contributed by atoms with Gasteiger partial charge in [0.1, 0.15) is 17.6 Å². The van der Waals surface area contributed by atoms with E-state index < -0.39 is 17.9 Å². The largest absolute Gasteiger partial charge is 0.494 e. The number of hydrogen-bond donors (Lipinski definition) is 0. The van der Waals surface area contributed by atoms with Crippen molar-refractivity contribution in [2.75, 3.05) is 13.2 Å². The van der Waals surface area contributed by atoms with E-state index in [-0.39, 0.29) is 30.5 Å². The Morgan fingerprint density at radius 3 is 2.09 bits per heavy atom. The van der Waals surface area contributed by atoms with Gasteiger partial charge in [0, 0.05) is 16.7 Å². The third kappa shape index (κ3) is 12.4. The molecule has 1 aliphatic rings. The Morgan fingerprint density at radius 1 is 0.795 bits per heavy atom. The van der Waals surface area contributed by atoms with Crippen LogP contribution < -0.4 is 9.47 Å². The standard InChI is InChI=1S/C36H42O8/c1-26(2)35(39)44-32-18-13-28(14-19-32)15-22-33(37)29-16-20-30(21-17-29)41-23-9-4-5-10-24-42-36(40)27(3)25-34(38)43-31-11-7-6-8-12-31/h13-22,31H,1,3-12,23-25H2,2H3/b22-15+. The number of allylic oxidation sites excluding steroid dienone is 1. The van der Waals surface area contributed by atoms with Crippen molar-refractivity contribution in [2.45, 2.75) is 77.2 Å². The van der Waals surface area contributed by atoms with Gasteiger partial charge in [0.15, 0.2) is 5.78 Å². The number of benzene rings is 2. The molecule has 0 amide bonds. The third-order valence-corrected chi connectivity index (χ3v) is 7.04. The fourth-order valence-corrected chi connectivity index (χ4v) is 4.50. The van der Waals surface area contributed by atoms with Gasteiger partial charge in [-0.05, 0) is 106 Å². The van der Waals surface area contributed by atoms with E-state index in [1.165, 1.54) is 12.5 Å². The van der Waals surface area contributed by atoms with Crippen LogP contribution in [0.5, 0.6) is 11.5 Å². The first-order valence-corrected chi connectivity index (χ1v) is 15.2. The molecule has 8 nitrogen and oxygen atoms in total. The lowest BCUT2D eigenvalue weighted by Crippen LogP contribution is -2.22. The summed E-state index contributed by atoms with van der Waals surface area (Å²) in [6, 6.07) is 13.8. The van der Waals surface area contributed by atoms with Gasteiger partial charge >= 0.3 is 17.9 Å². The molecule has 0 aromatic heterocycles. The summed E-state index contributed by atoms with van der Waals surface area (Å²) in [6.45, 7) is 9.62. The molecule has 3 rings (SSSR count). The van der Waals surface area contributed by atoms with E-state index in [1.54, 1.807) is 61.5 Å². The Kier molecular flexibility index (Phi) is 14.1. The van der Waals surface area contributed by atoms with Crippen LogP contribution in [0.1, 0.15) is 87.1 Å². The zero-order chi connectivity index (χ0) is 31.7. The van der Waals surface area contributed by atoms with Crippen molar-refractivity contribution >= 4 is 29.8 Å². The SMILES string of the molecule is C=C(C)C(=O)Oc1ccc(/C=C/C(=O)c2ccc(OCCCCCCOC(=O)C(=C)CC(=O)OC3CCCCC3)cc2)cc1. The predicted molar refractivity (Wildman–Crippen MR) is 168 cm³/mol. The minimum Gasteiger partial charge on any atom is -0.494 e. The van der Waals surface area contributed by atoms with Crippen LogP contribution in [0.2, 0.25) is 0 Å². The molecule has 0 aliphatic heterocycles. The van der Waals surface area contributed by atoms with Gasteiger partial charge in [-0.3, -0.25) is 9.59 Å². The molecule has 0 saturated heterocycles. The lowest BCUT2D eigenvalue weighted by molar-refractivity contribution is -0.151. The maximum absolute atomic E-state index is 12.5. The van der Waals surface area contributed by atoms with Crippen molar-refractivity contribution in [1.82, 2.24) is 0 Å². The smallest absolute Gasteiger partial charge is 0.338 e. The third-order valence-electron chi connectivity index (χ3n) is 7.04. The second-order valence-corrected chi connectivity index (χ2v) is 10.9. The summed E-state index contributed by atoms with van der Waals surface area (Å²) >= 11 is 0. The van der Waals surface area contributed by atoms with Crippen LogP contribution in [0.4, 0.5) is 0 Å². The molecule has 1 saturated carbocycles. The van der Waals surface area contributed by atoms with Crippen LogP contribution in [0, 0.1) is 0 Å². The van der Waals surface area contributed by atoms with Gasteiger partial charge in [0.25, 0.3) is 0 Å². The summed E-state index contributed by atoms with van der Waals surface area (Å²) in [4.78, 5) is 48.3. The normalized spacial score (nSPS) is 13.2.